The summed E-state index contributed by atoms with van der Waals surface area (Å²) in [6.07, 6.45) is 0. The standard InChI is InChI=1S/C26H24BrClN4O/c27-20-10-11-22(28)21(16-20)26(33)31-14-12-30(13-15-31)18-25-29-23-8-4-5-9-24(23)32(25)17-19-6-2-1-3-7-19/h1-11,16H,12-15,17-18H2. The van der Waals surface area contributed by atoms with E-state index in [1.165, 1.54) is 5.56 Å². The van der Waals surface area contributed by atoms with Crippen LogP contribution in [0.15, 0.2) is 77.3 Å². The van der Waals surface area contributed by atoms with Gasteiger partial charge in [0.05, 0.1) is 28.2 Å². The van der Waals surface area contributed by atoms with E-state index in [0.29, 0.717) is 23.7 Å². The quantitative estimate of drug-likeness (QED) is 0.349. The molecule has 1 amide bonds. The van der Waals surface area contributed by atoms with E-state index >= 15 is 0 Å². The fourth-order valence-electron chi connectivity index (χ4n) is 4.33. The molecule has 0 spiro atoms. The van der Waals surface area contributed by atoms with Crippen LogP contribution in [-0.2, 0) is 13.1 Å². The average Bonchev–Trinajstić information content (AvgIpc) is 3.18. The summed E-state index contributed by atoms with van der Waals surface area (Å²) in [5, 5.41) is 0.486. The zero-order valence-electron chi connectivity index (χ0n) is 18.1. The van der Waals surface area contributed by atoms with Crippen molar-refractivity contribution in [3.8, 4) is 0 Å². The minimum atomic E-state index is -0.0164. The number of halogens is 2. The molecule has 0 bridgehead atoms. The van der Waals surface area contributed by atoms with Crippen molar-refractivity contribution in [1.29, 1.82) is 0 Å². The fraction of sp³-hybridized carbons (Fsp3) is 0.231. The number of piperazine rings is 1. The first-order valence-electron chi connectivity index (χ1n) is 11.0. The van der Waals surface area contributed by atoms with Gasteiger partial charge in [-0.3, -0.25) is 9.69 Å². The van der Waals surface area contributed by atoms with Crippen molar-refractivity contribution in [3.63, 3.8) is 0 Å². The summed E-state index contributed by atoms with van der Waals surface area (Å²) in [5.74, 6) is 1.03. The summed E-state index contributed by atoms with van der Waals surface area (Å²) >= 11 is 9.71. The van der Waals surface area contributed by atoms with Crippen molar-refractivity contribution >= 4 is 44.5 Å². The first kappa shape index (κ1) is 22.1. The Bertz CT molecular complexity index is 1280. The number of nitrogens with zero attached hydrogens (tertiary/aromatic N) is 4. The molecule has 0 atom stereocenters. The number of carbonyl (C=O) groups excluding carboxylic acids is 1. The molecule has 0 radical (unpaired) electrons. The lowest BCUT2D eigenvalue weighted by molar-refractivity contribution is 0.0624. The molecule has 168 valence electrons. The summed E-state index contributed by atoms with van der Waals surface area (Å²) in [4.78, 5) is 22.2. The molecule has 1 aliphatic heterocycles. The van der Waals surface area contributed by atoms with Crippen molar-refractivity contribution in [2.75, 3.05) is 26.2 Å². The van der Waals surface area contributed by atoms with Crippen LogP contribution in [0.1, 0.15) is 21.7 Å². The minimum Gasteiger partial charge on any atom is -0.336 e. The highest BCUT2D eigenvalue weighted by molar-refractivity contribution is 9.10. The number of carbonyl (C=O) groups is 1. The number of hydrogen-bond acceptors (Lipinski definition) is 3. The van der Waals surface area contributed by atoms with Crippen LogP contribution < -0.4 is 0 Å². The summed E-state index contributed by atoms with van der Waals surface area (Å²) < 4.78 is 3.16. The maximum absolute atomic E-state index is 13.0. The van der Waals surface area contributed by atoms with Crippen molar-refractivity contribution in [2.45, 2.75) is 13.1 Å². The molecule has 1 fully saturated rings. The van der Waals surface area contributed by atoms with Gasteiger partial charge in [0.1, 0.15) is 5.82 Å². The molecule has 4 aromatic rings. The molecule has 1 aromatic heterocycles. The number of aromatic nitrogens is 2. The zero-order valence-corrected chi connectivity index (χ0v) is 20.5. The van der Waals surface area contributed by atoms with Gasteiger partial charge < -0.3 is 9.47 Å². The Morgan fingerprint density at radius 3 is 2.42 bits per heavy atom. The van der Waals surface area contributed by atoms with Gasteiger partial charge in [-0.1, -0.05) is 70.0 Å². The highest BCUT2D eigenvalue weighted by Gasteiger charge is 2.25. The fourth-order valence-corrected chi connectivity index (χ4v) is 4.89. The molecule has 0 saturated carbocycles. The van der Waals surface area contributed by atoms with Gasteiger partial charge in [0, 0.05) is 37.2 Å². The second kappa shape index (κ2) is 9.67. The van der Waals surface area contributed by atoms with Gasteiger partial charge in [-0.15, -0.1) is 0 Å². The Balaban J connectivity index is 1.31. The van der Waals surface area contributed by atoms with Crippen LogP contribution in [0.4, 0.5) is 0 Å². The Hall–Kier alpha value is -2.67. The molecule has 7 heteroatoms. The van der Waals surface area contributed by atoms with Crippen molar-refractivity contribution in [2.24, 2.45) is 0 Å². The molecular weight excluding hydrogens is 500 g/mol. The molecule has 1 aliphatic rings. The maximum Gasteiger partial charge on any atom is 0.255 e. The SMILES string of the molecule is O=C(c1cc(Br)ccc1Cl)N1CCN(Cc2nc3ccccc3n2Cc2ccccc2)CC1. The van der Waals surface area contributed by atoms with Gasteiger partial charge in [-0.25, -0.2) is 4.98 Å². The van der Waals surface area contributed by atoms with E-state index in [4.69, 9.17) is 16.6 Å². The zero-order chi connectivity index (χ0) is 22.8. The van der Waals surface area contributed by atoms with Gasteiger partial charge in [-0.2, -0.15) is 0 Å². The molecule has 1 saturated heterocycles. The molecule has 33 heavy (non-hydrogen) atoms. The molecule has 0 N–H and O–H groups in total. The Morgan fingerprint density at radius 1 is 0.909 bits per heavy atom. The Morgan fingerprint density at radius 2 is 1.64 bits per heavy atom. The average molecular weight is 524 g/mol. The molecule has 5 nitrogen and oxygen atoms in total. The summed E-state index contributed by atoms with van der Waals surface area (Å²) in [5.41, 5.74) is 3.96. The predicted octanol–water partition coefficient (Wildman–Crippen LogP) is 5.46. The van der Waals surface area contributed by atoms with E-state index in [2.05, 4.69) is 67.9 Å². The maximum atomic E-state index is 13.0. The lowest BCUT2D eigenvalue weighted by atomic mass is 10.2. The lowest BCUT2D eigenvalue weighted by Crippen LogP contribution is -2.48. The summed E-state index contributed by atoms with van der Waals surface area (Å²) in [6.45, 7) is 4.47. The second-order valence-electron chi connectivity index (χ2n) is 8.28. The molecule has 0 aliphatic carbocycles. The number of amides is 1. The Labute approximate surface area is 206 Å². The third-order valence-corrected chi connectivity index (χ3v) is 6.92. The summed E-state index contributed by atoms with van der Waals surface area (Å²) in [7, 11) is 0. The van der Waals surface area contributed by atoms with Crippen molar-refractivity contribution in [3.05, 3.63) is 99.2 Å². The number of para-hydroxylation sites is 2. The highest BCUT2D eigenvalue weighted by atomic mass is 79.9. The van der Waals surface area contributed by atoms with Crippen LogP contribution in [0, 0.1) is 0 Å². The first-order chi connectivity index (χ1) is 16.1. The third kappa shape index (κ3) is 4.83. The van der Waals surface area contributed by atoms with Gasteiger partial charge in [0.2, 0.25) is 0 Å². The van der Waals surface area contributed by atoms with Crippen LogP contribution in [0.2, 0.25) is 5.02 Å². The molecule has 3 aromatic carbocycles. The molecular formula is C26H24BrClN4O. The van der Waals surface area contributed by atoms with E-state index < -0.39 is 0 Å². The highest BCUT2D eigenvalue weighted by Crippen LogP contribution is 2.24. The first-order valence-corrected chi connectivity index (χ1v) is 12.2. The van der Waals surface area contributed by atoms with Crippen molar-refractivity contribution < 1.29 is 4.79 Å². The van der Waals surface area contributed by atoms with Crippen LogP contribution in [0.5, 0.6) is 0 Å². The number of benzene rings is 3. The van der Waals surface area contributed by atoms with E-state index in [9.17, 15) is 4.79 Å². The van der Waals surface area contributed by atoms with Gasteiger partial charge in [0.25, 0.3) is 5.91 Å². The third-order valence-electron chi connectivity index (χ3n) is 6.10. The van der Waals surface area contributed by atoms with Gasteiger partial charge in [-0.05, 0) is 35.9 Å². The van der Waals surface area contributed by atoms with E-state index in [1.807, 2.05) is 23.1 Å². The predicted molar refractivity (Wildman–Crippen MR) is 136 cm³/mol. The summed E-state index contributed by atoms with van der Waals surface area (Å²) in [6, 6.07) is 24.2. The van der Waals surface area contributed by atoms with E-state index in [0.717, 1.165) is 47.5 Å². The minimum absolute atomic E-state index is 0.0164. The number of fused-ring (bicyclic) bond motifs is 1. The topological polar surface area (TPSA) is 41.4 Å². The molecule has 0 unspecified atom stereocenters. The van der Waals surface area contributed by atoms with Crippen LogP contribution in [0.3, 0.4) is 0 Å². The Kier molecular flexibility index (Phi) is 6.49. The normalized spacial score (nSPS) is 14.7. The van der Waals surface area contributed by atoms with E-state index in [-0.39, 0.29) is 5.91 Å². The number of hydrogen-bond donors (Lipinski definition) is 0. The monoisotopic (exact) mass is 522 g/mol. The largest absolute Gasteiger partial charge is 0.336 e. The lowest BCUT2D eigenvalue weighted by Gasteiger charge is -2.34. The number of rotatable bonds is 5. The van der Waals surface area contributed by atoms with Crippen LogP contribution >= 0.6 is 27.5 Å². The molecule has 5 rings (SSSR count). The number of imidazole rings is 1. The van der Waals surface area contributed by atoms with Gasteiger partial charge in [0.15, 0.2) is 0 Å². The van der Waals surface area contributed by atoms with Crippen LogP contribution in [0.25, 0.3) is 11.0 Å². The van der Waals surface area contributed by atoms with Gasteiger partial charge >= 0.3 is 0 Å². The smallest absolute Gasteiger partial charge is 0.255 e. The van der Waals surface area contributed by atoms with Crippen LogP contribution in [-0.4, -0.2) is 51.4 Å². The van der Waals surface area contributed by atoms with E-state index in [1.54, 1.807) is 12.1 Å². The second-order valence-corrected chi connectivity index (χ2v) is 9.60. The van der Waals surface area contributed by atoms with Crippen molar-refractivity contribution in [1.82, 2.24) is 19.4 Å². The molecule has 2 heterocycles.